The van der Waals surface area contributed by atoms with Crippen LogP contribution in [0.4, 0.5) is 0 Å². The average molecular weight is 273 g/mol. The summed E-state index contributed by atoms with van der Waals surface area (Å²) in [6.07, 6.45) is 0. The Kier molecular flexibility index (Phi) is 7.39. The Hall–Kier alpha value is -1.26. The van der Waals surface area contributed by atoms with Gasteiger partial charge in [0.05, 0.1) is 12.1 Å². The molecule has 0 bridgehead atoms. The molecule has 0 fully saturated rings. The molecule has 0 saturated carbocycles. The van der Waals surface area contributed by atoms with Gasteiger partial charge in [-0.3, -0.25) is 4.79 Å². The number of ether oxygens (including phenoxy) is 1. The Morgan fingerprint density at radius 2 is 2.11 bits per heavy atom. The van der Waals surface area contributed by atoms with E-state index in [2.05, 4.69) is 5.32 Å². The summed E-state index contributed by atoms with van der Waals surface area (Å²) >= 11 is 0. The molecule has 0 aliphatic rings. The molecule has 18 heavy (non-hydrogen) atoms. The summed E-state index contributed by atoms with van der Waals surface area (Å²) in [5.41, 5.74) is 6.61. The molecule has 4 nitrogen and oxygen atoms in total. The minimum Gasteiger partial charge on any atom is -0.491 e. The zero-order chi connectivity index (χ0) is 12.8. The van der Waals surface area contributed by atoms with Gasteiger partial charge in [0.25, 0.3) is 0 Å². The molecule has 1 rings (SSSR count). The monoisotopic (exact) mass is 272 g/mol. The first kappa shape index (κ1) is 16.7. The van der Waals surface area contributed by atoms with Crippen molar-refractivity contribution in [3.8, 4) is 5.75 Å². The van der Waals surface area contributed by atoms with Crippen molar-refractivity contribution in [3.63, 3.8) is 0 Å². The molecule has 0 radical (unpaired) electrons. The lowest BCUT2D eigenvalue weighted by atomic mass is 10.2. The molecule has 102 valence electrons. The number of hydrogen-bond acceptors (Lipinski definition) is 3. The Bertz CT molecular complexity index is 383. The molecule has 5 heteroatoms. The molecule has 2 atom stereocenters. The number of benzene rings is 1. The maximum atomic E-state index is 11.3. The van der Waals surface area contributed by atoms with Gasteiger partial charge in [0.2, 0.25) is 5.91 Å². The molecule has 1 aromatic carbocycles. The van der Waals surface area contributed by atoms with E-state index in [1.807, 2.05) is 38.1 Å². The van der Waals surface area contributed by atoms with Gasteiger partial charge >= 0.3 is 0 Å². The molecule has 0 saturated heterocycles. The van der Waals surface area contributed by atoms with Crippen molar-refractivity contribution in [3.05, 3.63) is 29.8 Å². The highest BCUT2D eigenvalue weighted by Crippen LogP contribution is 2.12. The van der Waals surface area contributed by atoms with Crippen molar-refractivity contribution < 1.29 is 9.53 Å². The number of carbonyl (C=O) groups excluding carboxylic acids is 1. The first-order valence-corrected chi connectivity index (χ1v) is 5.74. The zero-order valence-corrected chi connectivity index (χ0v) is 11.8. The molecule has 0 spiro atoms. The maximum absolute atomic E-state index is 11.3. The van der Waals surface area contributed by atoms with Crippen LogP contribution in [-0.2, 0) is 4.79 Å². The van der Waals surface area contributed by atoms with Crippen molar-refractivity contribution in [2.75, 3.05) is 6.61 Å². The smallest absolute Gasteiger partial charge is 0.236 e. The highest BCUT2D eigenvalue weighted by molar-refractivity contribution is 5.85. The molecule has 1 unspecified atom stereocenters. The van der Waals surface area contributed by atoms with Gasteiger partial charge < -0.3 is 15.8 Å². The summed E-state index contributed by atoms with van der Waals surface area (Å²) < 4.78 is 5.57. The number of nitrogens with two attached hydrogens (primary N) is 1. The van der Waals surface area contributed by atoms with Crippen LogP contribution in [0.5, 0.6) is 5.75 Å². The summed E-state index contributed by atoms with van der Waals surface area (Å²) in [6.45, 7) is 5.98. The lowest BCUT2D eigenvalue weighted by Gasteiger charge is -2.16. The molecular formula is C13H21ClN2O2. The van der Waals surface area contributed by atoms with Crippen molar-refractivity contribution in [2.24, 2.45) is 5.73 Å². The van der Waals surface area contributed by atoms with Crippen LogP contribution in [0.1, 0.15) is 19.4 Å². The number of nitrogens with one attached hydrogen (secondary N) is 1. The minimum atomic E-state index is -0.489. The normalized spacial score (nSPS) is 13.1. The third kappa shape index (κ3) is 5.89. The highest BCUT2D eigenvalue weighted by Gasteiger charge is 2.11. The van der Waals surface area contributed by atoms with Gasteiger partial charge in [0.15, 0.2) is 0 Å². The Balaban J connectivity index is 0.00000289. The molecule has 0 aromatic heterocycles. The zero-order valence-electron chi connectivity index (χ0n) is 11.0. The second-order valence-electron chi connectivity index (χ2n) is 4.33. The molecule has 3 N–H and O–H groups in total. The Labute approximate surface area is 114 Å². The van der Waals surface area contributed by atoms with E-state index in [0.29, 0.717) is 6.61 Å². The van der Waals surface area contributed by atoms with Gasteiger partial charge in [-0.2, -0.15) is 0 Å². The van der Waals surface area contributed by atoms with E-state index in [-0.39, 0.29) is 24.4 Å². The van der Waals surface area contributed by atoms with Crippen LogP contribution in [-0.4, -0.2) is 24.6 Å². The molecular weight excluding hydrogens is 252 g/mol. The summed E-state index contributed by atoms with van der Waals surface area (Å²) in [7, 11) is 0. The third-order valence-electron chi connectivity index (χ3n) is 2.29. The number of hydrogen-bond donors (Lipinski definition) is 2. The van der Waals surface area contributed by atoms with Crippen LogP contribution >= 0.6 is 12.4 Å². The van der Waals surface area contributed by atoms with Gasteiger partial charge in [-0.05, 0) is 38.5 Å². The lowest BCUT2D eigenvalue weighted by Crippen LogP contribution is -2.44. The van der Waals surface area contributed by atoms with Crippen LogP contribution in [0.25, 0.3) is 0 Å². The largest absolute Gasteiger partial charge is 0.491 e. The Morgan fingerprint density at radius 1 is 1.44 bits per heavy atom. The van der Waals surface area contributed by atoms with E-state index in [9.17, 15) is 4.79 Å². The van der Waals surface area contributed by atoms with Gasteiger partial charge in [0.1, 0.15) is 12.4 Å². The molecule has 0 heterocycles. The Morgan fingerprint density at radius 3 is 2.67 bits per heavy atom. The maximum Gasteiger partial charge on any atom is 0.236 e. The van der Waals surface area contributed by atoms with Crippen LogP contribution in [0.2, 0.25) is 0 Å². The predicted molar refractivity (Wildman–Crippen MR) is 75.2 cm³/mol. The van der Waals surface area contributed by atoms with Crippen LogP contribution < -0.4 is 15.8 Å². The van der Waals surface area contributed by atoms with E-state index in [0.717, 1.165) is 11.3 Å². The van der Waals surface area contributed by atoms with Crippen molar-refractivity contribution in [1.82, 2.24) is 5.32 Å². The third-order valence-corrected chi connectivity index (χ3v) is 2.29. The first-order chi connectivity index (χ1) is 7.99. The van der Waals surface area contributed by atoms with Gasteiger partial charge in [-0.1, -0.05) is 12.1 Å². The molecule has 1 aromatic rings. The fourth-order valence-electron chi connectivity index (χ4n) is 1.34. The van der Waals surface area contributed by atoms with Crippen LogP contribution in [0.15, 0.2) is 24.3 Å². The minimum absolute atomic E-state index is 0. The summed E-state index contributed by atoms with van der Waals surface area (Å²) in [5, 5.41) is 2.78. The van der Waals surface area contributed by atoms with Crippen LogP contribution in [0, 0.1) is 6.92 Å². The second kappa shape index (κ2) is 7.95. The SMILES string of the molecule is Cc1cccc(OCC(C)NC(=O)[C@@H](C)N)c1.Cl. The van der Waals surface area contributed by atoms with E-state index < -0.39 is 6.04 Å². The van der Waals surface area contributed by atoms with E-state index in [1.165, 1.54) is 0 Å². The lowest BCUT2D eigenvalue weighted by molar-refractivity contribution is -0.122. The number of carbonyl (C=O) groups is 1. The predicted octanol–water partition coefficient (Wildman–Crippen LogP) is 1.65. The molecule has 1 amide bonds. The summed E-state index contributed by atoms with van der Waals surface area (Å²) in [4.78, 5) is 11.3. The van der Waals surface area contributed by atoms with Crippen molar-refractivity contribution in [2.45, 2.75) is 32.9 Å². The van der Waals surface area contributed by atoms with Gasteiger partial charge in [0, 0.05) is 0 Å². The fraction of sp³-hybridized carbons (Fsp3) is 0.462. The molecule has 0 aliphatic carbocycles. The first-order valence-electron chi connectivity index (χ1n) is 5.74. The number of amides is 1. The van der Waals surface area contributed by atoms with E-state index in [4.69, 9.17) is 10.5 Å². The van der Waals surface area contributed by atoms with Crippen LogP contribution in [0.3, 0.4) is 0 Å². The van der Waals surface area contributed by atoms with Crippen molar-refractivity contribution >= 4 is 18.3 Å². The second-order valence-corrected chi connectivity index (χ2v) is 4.33. The van der Waals surface area contributed by atoms with E-state index >= 15 is 0 Å². The van der Waals surface area contributed by atoms with E-state index in [1.54, 1.807) is 6.92 Å². The van der Waals surface area contributed by atoms with Gasteiger partial charge in [-0.25, -0.2) is 0 Å². The topological polar surface area (TPSA) is 64.3 Å². The number of aryl methyl sites for hydroxylation is 1. The highest BCUT2D eigenvalue weighted by atomic mass is 35.5. The summed E-state index contributed by atoms with van der Waals surface area (Å²) in [6, 6.07) is 7.25. The van der Waals surface area contributed by atoms with Crippen molar-refractivity contribution in [1.29, 1.82) is 0 Å². The summed E-state index contributed by atoms with van der Waals surface area (Å²) in [5.74, 6) is 0.650. The standard InChI is InChI=1S/C13H20N2O2.ClH/c1-9-5-4-6-12(7-9)17-8-10(2)15-13(16)11(3)14;/h4-7,10-11H,8,14H2,1-3H3,(H,15,16);1H/t10?,11-;/m1./s1. The fourth-order valence-corrected chi connectivity index (χ4v) is 1.34. The van der Waals surface area contributed by atoms with Gasteiger partial charge in [-0.15, -0.1) is 12.4 Å². The molecule has 0 aliphatic heterocycles. The quantitative estimate of drug-likeness (QED) is 0.857. The number of halogens is 1. The number of rotatable bonds is 5. The average Bonchev–Trinajstić information content (AvgIpc) is 2.26.